The number of rotatable bonds is 0. The van der Waals surface area contributed by atoms with Gasteiger partial charge in [0.2, 0.25) is 0 Å². The molecule has 0 aliphatic heterocycles. The van der Waals surface area contributed by atoms with Gasteiger partial charge in [0.25, 0.3) is 0 Å². The third-order valence-electron chi connectivity index (χ3n) is 2.30. The Bertz CT molecular complexity index is 566. The van der Waals surface area contributed by atoms with E-state index in [-0.39, 0.29) is 0 Å². The average Bonchev–Trinajstić information content (AvgIpc) is 2.65. The number of hydrogen-bond acceptors (Lipinski definition) is 1. The van der Waals surface area contributed by atoms with Crippen LogP contribution in [0.2, 0.25) is 0 Å². The molecule has 0 aliphatic carbocycles. The van der Waals surface area contributed by atoms with E-state index in [1.807, 2.05) is 18.5 Å². The fraction of sp³-hybridized carbons (Fsp3) is 0. The Morgan fingerprint density at radius 2 is 2.08 bits per heavy atom. The van der Waals surface area contributed by atoms with Gasteiger partial charge in [-0.2, -0.15) is 0 Å². The summed E-state index contributed by atoms with van der Waals surface area (Å²) < 4.78 is 0. The molecule has 0 aliphatic rings. The minimum Gasteiger partial charge on any atom is -0.361 e. The van der Waals surface area contributed by atoms with Crippen LogP contribution in [0.25, 0.3) is 21.8 Å². The third kappa shape index (κ3) is 0.855. The van der Waals surface area contributed by atoms with Gasteiger partial charge in [-0.15, -0.1) is 0 Å². The lowest BCUT2D eigenvalue weighted by atomic mass is 10.1. The van der Waals surface area contributed by atoms with Gasteiger partial charge in [-0.1, -0.05) is 12.1 Å². The van der Waals surface area contributed by atoms with Crippen molar-refractivity contribution in [3.8, 4) is 0 Å². The fourth-order valence-corrected chi connectivity index (χ4v) is 1.68. The van der Waals surface area contributed by atoms with Crippen LogP contribution < -0.4 is 0 Å². The lowest BCUT2D eigenvalue weighted by Gasteiger charge is -1.96. The van der Waals surface area contributed by atoms with Gasteiger partial charge in [-0.05, 0) is 18.2 Å². The highest BCUT2D eigenvalue weighted by Gasteiger charge is 1.99. The molecule has 13 heavy (non-hydrogen) atoms. The maximum absolute atomic E-state index is 4.36. The molecule has 0 amide bonds. The number of fused-ring (bicyclic) bond motifs is 3. The Morgan fingerprint density at radius 3 is 3.08 bits per heavy atom. The maximum Gasteiger partial charge on any atom is 0.0795 e. The SMILES string of the molecule is c1cnc2c(c1)ccc1[nH]ccc12. The first kappa shape index (κ1) is 6.66. The van der Waals surface area contributed by atoms with E-state index < -0.39 is 0 Å². The van der Waals surface area contributed by atoms with E-state index in [1.165, 1.54) is 10.8 Å². The van der Waals surface area contributed by atoms with Crippen LogP contribution in [0.5, 0.6) is 0 Å². The zero-order valence-electron chi connectivity index (χ0n) is 6.99. The van der Waals surface area contributed by atoms with Crippen molar-refractivity contribution in [1.82, 2.24) is 9.97 Å². The first-order valence-electron chi connectivity index (χ1n) is 4.26. The average molecular weight is 168 g/mol. The van der Waals surface area contributed by atoms with Gasteiger partial charge in [0, 0.05) is 28.7 Å². The zero-order valence-corrected chi connectivity index (χ0v) is 6.99. The highest BCUT2D eigenvalue weighted by atomic mass is 14.7. The molecule has 1 aromatic carbocycles. The molecule has 2 heterocycles. The zero-order chi connectivity index (χ0) is 8.67. The summed E-state index contributed by atoms with van der Waals surface area (Å²) >= 11 is 0. The number of nitrogens with zero attached hydrogens (tertiary/aromatic N) is 1. The molecule has 2 nitrogen and oxygen atoms in total. The normalized spacial score (nSPS) is 11.1. The number of hydrogen-bond donors (Lipinski definition) is 1. The number of H-pyrrole nitrogens is 1. The highest BCUT2D eigenvalue weighted by Crippen LogP contribution is 2.21. The molecule has 0 bridgehead atoms. The Hall–Kier alpha value is -1.83. The van der Waals surface area contributed by atoms with Crippen molar-refractivity contribution in [2.45, 2.75) is 0 Å². The van der Waals surface area contributed by atoms with E-state index in [1.54, 1.807) is 0 Å². The van der Waals surface area contributed by atoms with E-state index in [4.69, 9.17) is 0 Å². The van der Waals surface area contributed by atoms with Crippen molar-refractivity contribution in [2.75, 3.05) is 0 Å². The summed E-state index contributed by atoms with van der Waals surface area (Å²) in [5.74, 6) is 0. The summed E-state index contributed by atoms with van der Waals surface area (Å²) in [6.45, 7) is 0. The molecular weight excluding hydrogens is 160 g/mol. The molecule has 0 fully saturated rings. The van der Waals surface area contributed by atoms with Crippen molar-refractivity contribution in [3.63, 3.8) is 0 Å². The molecule has 3 aromatic rings. The first-order chi connectivity index (χ1) is 6.45. The molecule has 0 spiro atoms. The second-order valence-electron chi connectivity index (χ2n) is 3.08. The summed E-state index contributed by atoms with van der Waals surface area (Å²) in [7, 11) is 0. The second kappa shape index (κ2) is 2.33. The Kier molecular flexibility index (Phi) is 1.19. The summed E-state index contributed by atoms with van der Waals surface area (Å²) in [6.07, 6.45) is 3.77. The minimum atomic E-state index is 1.07. The van der Waals surface area contributed by atoms with E-state index in [0.29, 0.717) is 0 Å². The largest absolute Gasteiger partial charge is 0.361 e. The number of aromatic amines is 1. The summed E-state index contributed by atoms with van der Waals surface area (Å²) in [6, 6.07) is 10.3. The van der Waals surface area contributed by atoms with Crippen LogP contribution in [0.1, 0.15) is 0 Å². The number of pyridine rings is 1. The van der Waals surface area contributed by atoms with Gasteiger partial charge in [-0.3, -0.25) is 4.98 Å². The van der Waals surface area contributed by atoms with Crippen LogP contribution in [-0.2, 0) is 0 Å². The standard InChI is InChI=1S/C11H8N2/c1-2-8-3-4-10-9(5-7-12-10)11(8)13-6-1/h1-7,12H. The second-order valence-corrected chi connectivity index (χ2v) is 3.08. The van der Waals surface area contributed by atoms with Crippen LogP contribution in [0.3, 0.4) is 0 Å². The van der Waals surface area contributed by atoms with Crippen molar-refractivity contribution >= 4 is 21.8 Å². The lowest BCUT2D eigenvalue weighted by Crippen LogP contribution is -1.77. The van der Waals surface area contributed by atoms with E-state index in [0.717, 1.165) is 11.0 Å². The summed E-state index contributed by atoms with van der Waals surface area (Å²) in [5, 5.41) is 2.38. The van der Waals surface area contributed by atoms with Crippen molar-refractivity contribution in [1.29, 1.82) is 0 Å². The highest BCUT2D eigenvalue weighted by molar-refractivity contribution is 6.03. The molecule has 3 rings (SSSR count). The quantitative estimate of drug-likeness (QED) is 0.549. The molecule has 0 radical (unpaired) electrons. The third-order valence-corrected chi connectivity index (χ3v) is 2.30. The molecule has 0 saturated carbocycles. The van der Waals surface area contributed by atoms with Gasteiger partial charge in [0.1, 0.15) is 0 Å². The summed E-state index contributed by atoms with van der Waals surface area (Å²) in [4.78, 5) is 7.53. The van der Waals surface area contributed by atoms with Gasteiger partial charge < -0.3 is 4.98 Å². The number of aromatic nitrogens is 2. The number of benzene rings is 1. The van der Waals surface area contributed by atoms with Gasteiger partial charge in [0.05, 0.1) is 5.52 Å². The van der Waals surface area contributed by atoms with Crippen LogP contribution in [0, 0.1) is 0 Å². The van der Waals surface area contributed by atoms with Crippen LogP contribution in [0.15, 0.2) is 42.7 Å². The topological polar surface area (TPSA) is 28.7 Å². The Labute approximate surface area is 75.2 Å². The van der Waals surface area contributed by atoms with Gasteiger partial charge in [-0.25, -0.2) is 0 Å². The molecule has 2 heteroatoms. The molecule has 62 valence electrons. The van der Waals surface area contributed by atoms with Crippen molar-refractivity contribution < 1.29 is 0 Å². The van der Waals surface area contributed by atoms with Crippen LogP contribution in [-0.4, -0.2) is 9.97 Å². The fourth-order valence-electron chi connectivity index (χ4n) is 1.68. The smallest absolute Gasteiger partial charge is 0.0795 e. The molecule has 0 atom stereocenters. The monoisotopic (exact) mass is 168 g/mol. The van der Waals surface area contributed by atoms with E-state index in [2.05, 4.69) is 34.2 Å². The minimum absolute atomic E-state index is 1.07. The first-order valence-corrected chi connectivity index (χ1v) is 4.26. The van der Waals surface area contributed by atoms with Crippen LogP contribution >= 0.6 is 0 Å². The van der Waals surface area contributed by atoms with Crippen molar-refractivity contribution in [2.24, 2.45) is 0 Å². The molecule has 0 unspecified atom stereocenters. The van der Waals surface area contributed by atoms with Gasteiger partial charge in [0.15, 0.2) is 0 Å². The predicted molar refractivity (Wildman–Crippen MR) is 53.6 cm³/mol. The molecule has 0 saturated heterocycles. The predicted octanol–water partition coefficient (Wildman–Crippen LogP) is 2.72. The van der Waals surface area contributed by atoms with Gasteiger partial charge >= 0.3 is 0 Å². The molecule has 1 N–H and O–H groups in total. The van der Waals surface area contributed by atoms with Crippen molar-refractivity contribution in [3.05, 3.63) is 42.7 Å². The summed E-state index contributed by atoms with van der Waals surface area (Å²) in [5.41, 5.74) is 2.22. The lowest BCUT2D eigenvalue weighted by molar-refractivity contribution is 1.43. The molecule has 2 aromatic heterocycles. The Morgan fingerprint density at radius 1 is 1.08 bits per heavy atom. The van der Waals surface area contributed by atoms with Crippen LogP contribution in [0.4, 0.5) is 0 Å². The molecular formula is C11H8N2. The maximum atomic E-state index is 4.36. The van der Waals surface area contributed by atoms with E-state index in [9.17, 15) is 0 Å². The Balaban J connectivity index is 2.65. The van der Waals surface area contributed by atoms with E-state index >= 15 is 0 Å². The number of nitrogens with one attached hydrogen (secondary N) is 1.